The molecule has 0 bridgehead atoms. The minimum absolute atomic E-state index is 0.0308. The zero-order valence-electron chi connectivity index (χ0n) is 8.96. The monoisotopic (exact) mass is 272 g/mol. The van der Waals surface area contributed by atoms with E-state index in [0.717, 1.165) is 0 Å². The van der Waals surface area contributed by atoms with Crippen LogP contribution in [-0.4, -0.2) is 39.1 Å². The number of aromatic nitrogens is 1. The molecule has 18 heavy (non-hydrogen) atoms. The molecule has 1 rings (SSSR count). The zero-order valence-corrected chi connectivity index (χ0v) is 9.72. The van der Waals surface area contributed by atoms with Gasteiger partial charge in [-0.3, -0.25) is 14.6 Å². The first-order valence-corrected chi connectivity index (χ1v) is 5.14. The van der Waals surface area contributed by atoms with E-state index in [1.807, 2.05) is 0 Å². The van der Waals surface area contributed by atoms with E-state index < -0.39 is 30.3 Å². The highest BCUT2D eigenvalue weighted by molar-refractivity contribution is 6.33. The molecular weight excluding hydrogens is 264 g/mol. The first kappa shape index (κ1) is 13.9. The molecule has 1 aromatic heterocycles. The Morgan fingerprint density at radius 3 is 2.56 bits per heavy atom. The number of hydrogen-bond acceptors (Lipinski definition) is 4. The number of carboxylic acids is 2. The van der Waals surface area contributed by atoms with E-state index in [-0.39, 0.29) is 10.6 Å². The third-order valence-corrected chi connectivity index (χ3v) is 2.30. The normalized spacial score (nSPS) is 11.6. The Labute approximate surface area is 106 Å². The van der Waals surface area contributed by atoms with Gasteiger partial charge in [0.25, 0.3) is 5.91 Å². The Bertz CT molecular complexity index is 491. The number of carbonyl (C=O) groups is 3. The van der Waals surface area contributed by atoms with Crippen molar-refractivity contribution in [3.8, 4) is 0 Å². The van der Waals surface area contributed by atoms with Gasteiger partial charge in [-0.05, 0) is 6.07 Å². The van der Waals surface area contributed by atoms with Crippen molar-refractivity contribution in [2.45, 2.75) is 12.5 Å². The number of carbonyl (C=O) groups excluding carboxylic acids is 1. The smallest absolute Gasteiger partial charge is 0.326 e. The van der Waals surface area contributed by atoms with Crippen LogP contribution in [0.4, 0.5) is 0 Å². The van der Waals surface area contributed by atoms with Crippen molar-refractivity contribution in [3.63, 3.8) is 0 Å². The maximum absolute atomic E-state index is 11.7. The second-order valence-corrected chi connectivity index (χ2v) is 3.72. The van der Waals surface area contributed by atoms with Crippen LogP contribution in [0, 0.1) is 0 Å². The molecule has 0 aliphatic carbocycles. The molecule has 1 amide bonds. The molecule has 3 N–H and O–H groups in total. The first-order valence-electron chi connectivity index (χ1n) is 4.76. The topological polar surface area (TPSA) is 117 Å². The fourth-order valence-corrected chi connectivity index (χ4v) is 1.38. The van der Waals surface area contributed by atoms with E-state index in [9.17, 15) is 14.4 Å². The maximum atomic E-state index is 11.7. The Hall–Kier alpha value is -2.15. The average Bonchev–Trinajstić information content (AvgIpc) is 2.27. The summed E-state index contributed by atoms with van der Waals surface area (Å²) in [5.74, 6) is -3.53. The summed E-state index contributed by atoms with van der Waals surface area (Å²) < 4.78 is 0. The van der Waals surface area contributed by atoms with Crippen molar-refractivity contribution in [2.24, 2.45) is 0 Å². The molecule has 0 saturated carbocycles. The molecule has 0 saturated heterocycles. The van der Waals surface area contributed by atoms with Crippen molar-refractivity contribution in [2.75, 3.05) is 0 Å². The maximum Gasteiger partial charge on any atom is 0.326 e. The second-order valence-electron chi connectivity index (χ2n) is 3.32. The van der Waals surface area contributed by atoms with Gasteiger partial charge in [0.15, 0.2) is 0 Å². The van der Waals surface area contributed by atoms with Crippen molar-refractivity contribution in [1.29, 1.82) is 0 Å². The number of nitrogens with one attached hydrogen (secondary N) is 1. The van der Waals surface area contributed by atoms with Crippen LogP contribution in [0.25, 0.3) is 0 Å². The predicted molar refractivity (Wildman–Crippen MR) is 60.4 cm³/mol. The van der Waals surface area contributed by atoms with Crippen molar-refractivity contribution >= 4 is 29.4 Å². The predicted octanol–water partition coefficient (Wildman–Crippen LogP) is 0.393. The van der Waals surface area contributed by atoms with Gasteiger partial charge in [0.05, 0.1) is 17.0 Å². The summed E-state index contributed by atoms with van der Waals surface area (Å²) in [4.78, 5) is 36.6. The molecule has 1 aromatic rings. The number of halogens is 1. The van der Waals surface area contributed by atoms with E-state index in [1.165, 1.54) is 18.5 Å². The van der Waals surface area contributed by atoms with Gasteiger partial charge in [-0.1, -0.05) is 11.6 Å². The molecule has 0 radical (unpaired) electrons. The van der Waals surface area contributed by atoms with Gasteiger partial charge in [-0.2, -0.15) is 0 Å². The molecule has 1 heterocycles. The summed E-state index contributed by atoms with van der Waals surface area (Å²) in [5.41, 5.74) is 0.0308. The highest BCUT2D eigenvalue weighted by Crippen LogP contribution is 2.13. The van der Waals surface area contributed by atoms with Crippen LogP contribution in [0.2, 0.25) is 5.02 Å². The summed E-state index contributed by atoms with van der Waals surface area (Å²) in [5, 5.41) is 19.4. The zero-order chi connectivity index (χ0) is 13.7. The molecule has 7 nitrogen and oxygen atoms in total. The lowest BCUT2D eigenvalue weighted by molar-refractivity contribution is -0.145. The number of pyridine rings is 1. The van der Waals surface area contributed by atoms with Crippen molar-refractivity contribution in [1.82, 2.24) is 10.3 Å². The van der Waals surface area contributed by atoms with Crippen LogP contribution in [0.15, 0.2) is 18.5 Å². The molecule has 0 aromatic carbocycles. The third-order valence-electron chi connectivity index (χ3n) is 2.00. The largest absolute Gasteiger partial charge is 0.481 e. The lowest BCUT2D eigenvalue weighted by Crippen LogP contribution is -2.42. The van der Waals surface area contributed by atoms with E-state index >= 15 is 0 Å². The number of aliphatic carboxylic acids is 2. The molecule has 0 aliphatic heterocycles. The van der Waals surface area contributed by atoms with Gasteiger partial charge in [-0.25, -0.2) is 4.79 Å². The fraction of sp³-hybridized carbons (Fsp3) is 0.200. The van der Waals surface area contributed by atoms with Crippen LogP contribution < -0.4 is 5.32 Å². The SMILES string of the molecule is O=C(O)CC(NC(=O)c1ccncc1Cl)C(=O)O. The molecule has 96 valence electrons. The molecule has 1 atom stereocenters. The third kappa shape index (κ3) is 3.70. The highest BCUT2D eigenvalue weighted by Gasteiger charge is 2.24. The standard InChI is InChI=1S/C10H9ClN2O5/c11-6-4-12-2-1-5(6)9(16)13-7(10(17)18)3-8(14)15/h1-2,4,7H,3H2,(H,13,16)(H,14,15)(H,17,18). The van der Waals surface area contributed by atoms with Crippen LogP contribution in [0.1, 0.15) is 16.8 Å². The molecule has 0 spiro atoms. The summed E-state index contributed by atoms with van der Waals surface area (Å²) >= 11 is 5.70. The minimum atomic E-state index is -1.51. The average molecular weight is 273 g/mol. The van der Waals surface area contributed by atoms with E-state index in [0.29, 0.717) is 0 Å². The Balaban J connectivity index is 2.82. The summed E-state index contributed by atoms with van der Waals surface area (Å²) in [6.07, 6.45) is 1.82. The molecule has 0 aliphatic rings. The summed E-state index contributed by atoms with van der Waals surface area (Å²) in [7, 11) is 0. The fourth-order valence-electron chi connectivity index (χ4n) is 1.17. The molecule has 1 unspecified atom stereocenters. The number of rotatable bonds is 5. The van der Waals surface area contributed by atoms with Crippen LogP contribution >= 0.6 is 11.6 Å². The second kappa shape index (κ2) is 5.97. The van der Waals surface area contributed by atoms with Gasteiger partial charge < -0.3 is 15.5 Å². The minimum Gasteiger partial charge on any atom is -0.481 e. The summed E-state index contributed by atoms with van der Waals surface area (Å²) in [6, 6.07) is -0.212. The lowest BCUT2D eigenvalue weighted by atomic mass is 10.2. The number of amides is 1. The van der Waals surface area contributed by atoms with Crippen LogP contribution in [-0.2, 0) is 9.59 Å². The highest BCUT2D eigenvalue weighted by atomic mass is 35.5. The van der Waals surface area contributed by atoms with Gasteiger partial charge >= 0.3 is 11.9 Å². The summed E-state index contributed by atoms with van der Waals surface area (Å²) in [6.45, 7) is 0. The van der Waals surface area contributed by atoms with E-state index in [4.69, 9.17) is 21.8 Å². The first-order chi connectivity index (χ1) is 8.41. The van der Waals surface area contributed by atoms with Gasteiger partial charge in [-0.15, -0.1) is 0 Å². The Morgan fingerprint density at radius 1 is 1.39 bits per heavy atom. The molecule has 8 heteroatoms. The number of hydrogen-bond donors (Lipinski definition) is 3. The van der Waals surface area contributed by atoms with Crippen molar-refractivity contribution < 1.29 is 24.6 Å². The Kier molecular flexibility index (Phi) is 4.61. The lowest BCUT2D eigenvalue weighted by Gasteiger charge is -2.12. The quantitative estimate of drug-likeness (QED) is 0.714. The Morgan fingerprint density at radius 2 is 2.06 bits per heavy atom. The van der Waals surface area contributed by atoms with E-state index in [2.05, 4.69) is 10.3 Å². The number of carboxylic acid groups (broad SMARTS) is 2. The van der Waals surface area contributed by atoms with Gasteiger partial charge in [0.2, 0.25) is 0 Å². The van der Waals surface area contributed by atoms with Gasteiger partial charge in [0, 0.05) is 12.4 Å². The van der Waals surface area contributed by atoms with Gasteiger partial charge in [0.1, 0.15) is 6.04 Å². The molecular formula is C10H9ClN2O5. The van der Waals surface area contributed by atoms with Crippen LogP contribution in [0.3, 0.4) is 0 Å². The van der Waals surface area contributed by atoms with Crippen molar-refractivity contribution in [3.05, 3.63) is 29.0 Å². The van der Waals surface area contributed by atoms with Crippen LogP contribution in [0.5, 0.6) is 0 Å². The molecule has 0 fully saturated rings. The van der Waals surface area contributed by atoms with E-state index in [1.54, 1.807) is 0 Å². The number of nitrogens with zero attached hydrogens (tertiary/aromatic N) is 1.